The van der Waals surface area contributed by atoms with Gasteiger partial charge < -0.3 is 4.57 Å². The number of benzene rings is 2. The molecule has 0 amide bonds. The Hall–Kier alpha value is -2.83. The fourth-order valence-corrected chi connectivity index (χ4v) is 7.19. The van der Waals surface area contributed by atoms with Gasteiger partial charge in [0.25, 0.3) is 0 Å². The van der Waals surface area contributed by atoms with Crippen LogP contribution in [0.15, 0.2) is 55.0 Å². The van der Waals surface area contributed by atoms with Gasteiger partial charge in [-0.15, -0.1) is 0 Å². The molecule has 1 N–H and O–H groups in total. The van der Waals surface area contributed by atoms with E-state index in [9.17, 15) is 4.21 Å². The van der Waals surface area contributed by atoms with Crippen molar-refractivity contribution in [1.82, 2.24) is 19.2 Å². The topological polar surface area (TPSA) is 57.8 Å². The number of aromatic nitrogens is 2. The summed E-state index contributed by atoms with van der Waals surface area (Å²) in [6.45, 7) is 13.1. The molecule has 1 unspecified atom stereocenters. The Morgan fingerprint density at radius 1 is 1.20 bits per heavy atom. The number of nitrogens with zero attached hydrogens (tertiary/aromatic N) is 5. The highest BCUT2D eigenvalue weighted by Crippen LogP contribution is 2.40. The van der Waals surface area contributed by atoms with E-state index in [1.165, 1.54) is 0 Å². The molecular formula is C26H29ClN6OS. The monoisotopic (exact) mass is 508 g/mol. The molecule has 182 valence electrons. The minimum Gasteiger partial charge on any atom is -0.329 e. The van der Waals surface area contributed by atoms with Gasteiger partial charge in [0.1, 0.15) is 9.89 Å². The van der Waals surface area contributed by atoms with Crippen molar-refractivity contribution in [3.8, 4) is 0 Å². The first-order chi connectivity index (χ1) is 16.8. The Balaban J connectivity index is 1.29. The van der Waals surface area contributed by atoms with Crippen molar-refractivity contribution in [1.29, 1.82) is 0 Å². The lowest BCUT2D eigenvalue weighted by atomic mass is 9.87. The first-order valence-electron chi connectivity index (χ1n) is 11.7. The second-order valence-corrected chi connectivity index (χ2v) is 11.8. The normalized spacial score (nSPS) is 21.9. The fraction of sp³-hybridized carbons (Fsp3) is 0.346. The number of nitrogens with one attached hydrogen (secondary N) is 1. The van der Waals surface area contributed by atoms with Crippen LogP contribution in [0.4, 0.5) is 11.4 Å². The highest BCUT2D eigenvalue weighted by Gasteiger charge is 2.48. The zero-order valence-electron chi connectivity index (χ0n) is 19.8. The summed E-state index contributed by atoms with van der Waals surface area (Å²) < 4.78 is 20.8. The number of hydrogen-bond donors (Lipinski definition) is 1. The standard InChI is InChI=1S/C26H29ClN6OS/c1-20-14-23(8-9-25(20)27)33-26(18-30-35(33,3)34)10-12-31(13-11-26)17-24-15-29-19-32(24)16-21-4-6-22(28-2)7-5-21/h4-9,14-15,19H,3,10-13,16-18H2,1H3,(H,30,34). The lowest BCUT2D eigenvalue weighted by molar-refractivity contribution is 0.162. The predicted molar refractivity (Wildman–Crippen MR) is 143 cm³/mol. The molecule has 7 nitrogen and oxygen atoms in total. The van der Waals surface area contributed by atoms with Gasteiger partial charge in [-0.1, -0.05) is 35.9 Å². The number of likely N-dealkylation sites (tertiary alicyclic amines) is 1. The maximum atomic E-state index is 13.4. The molecular weight excluding hydrogens is 480 g/mol. The number of aryl methyl sites for hydroxylation is 1. The van der Waals surface area contributed by atoms with Crippen LogP contribution in [-0.4, -0.2) is 49.7 Å². The summed E-state index contributed by atoms with van der Waals surface area (Å²) in [6.07, 6.45) is 5.58. The highest BCUT2D eigenvalue weighted by molar-refractivity contribution is 8.00. The van der Waals surface area contributed by atoms with Gasteiger partial charge >= 0.3 is 0 Å². The zero-order chi connectivity index (χ0) is 24.6. The lowest BCUT2D eigenvalue weighted by Crippen LogP contribution is -2.54. The SMILES string of the molecule is [C-]#[N+]c1ccc(Cn2cncc2CN2CCC3(CC2)CNS(=C)(=O)N3c2ccc(Cl)c(C)c2)cc1. The van der Waals surface area contributed by atoms with Crippen molar-refractivity contribution in [2.24, 2.45) is 0 Å². The smallest absolute Gasteiger partial charge is 0.187 e. The van der Waals surface area contributed by atoms with Gasteiger partial charge in [0.15, 0.2) is 5.69 Å². The van der Waals surface area contributed by atoms with Crippen molar-refractivity contribution in [3.63, 3.8) is 0 Å². The third-order valence-electron chi connectivity index (χ3n) is 7.12. The molecule has 1 spiro atoms. The summed E-state index contributed by atoms with van der Waals surface area (Å²) in [7, 11) is -2.60. The molecule has 0 radical (unpaired) electrons. The van der Waals surface area contributed by atoms with Gasteiger partial charge in [-0.2, -0.15) is 0 Å². The Morgan fingerprint density at radius 3 is 2.63 bits per heavy atom. The lowest BCUT2D eigenvalue weighted by Gasteiger charge is -2.45. The van der Waals surface area contributed by atoms with E-state index in [4.69, 9.17) is 18.2 Å². The van der Waals surface area contributed by atoms with E-state index in [-0.39, 0.29) is 5.54 Å². The Kier molecular flexibility index (Phi) is 6.36. The second kappa shape index (κ2) is 9.32. The van der Waals surface area contributed by atoms with Crippen LogP contribution in [0.3, 0.4) is 0 Å². The second-order valence-electron chi connectivity index (χ2n) is 9.48. The van der Waals surface area contributed by atoms with Crippen LogP contribution >= 0.6 is 11.6 Å². The molecule has 3 aromatic rings. The minimum absolute atomic E-state index is 0.236. The molecule has 35 heavy (non-hydrogen) atoms. The Morgan fingerprint density at radius 2 is 1.94 bits per heavy atom. The predicted octanol–water partition coefficient (Wildman–Crippen LogP) is 4.43. The van der Waals surface area contributed by atoms with E-state index in [1.807, 2.05) is 66.2 Å². The summed E-state index contributed by atoms with van der Waals surface area (Å²) in [6, 6.07) is 13.5. The van der Waals surface area contributed by atoms with Crippen molar-refractivity contribution < 1.29 is 4.21 Å². The average molecular weight is 509 g/mol. The van der Waals surface area contributed by atoms with Crippen LogP contribution in [0.1, 0.15) is 29.7 Å². The molecule has 9 heteroatoms. The molecule has 1 aromatic heterocycles. The van der Waals surface area contributed by atoms with Crippen molar-refractivity contribution in [2.75, 3.05) is 23.9 Å². The largest absolute Gasteiger partial charge is 0.329 e. The number of halogens is 1. The van der Waals surface area contributed by atoms with E-state index in [0.29, 0.717) is 17.3 Å². The maximum Gasteiger partial charge on any atom is 0.187 e. The number of rotatable bonds is 5. The number of anilines is 1. The molecule has 5 rings (SSSR count). The van der Waals surface area contributed by atoms with Gasteiger partial charge in [0.2, 0.25) is 0 Å². The first kappa shape index (κ1) is 23.9. The molecule has 1 atom stereocenters. The van der Waals surface area contributed by atoms with Crippen molar-refractivity contribution >= 4 is 38.7 Å². The van der Waals surface area contributed by atoms with Crippen LogP contribution in [-0.2, 0) is 23.0 Å². The van der Waals surface area contributed by atoms with Gasteiger partial charge in [-0.25, -0.2) is 18.8 Å². The fourth-order valence-electron chi connectivity index (χ4n) is 5.13. The average Bonchev–Trinajstić information content (AvgIpc) is 3.39. The number of piperidine rings is 1. The molecule has 2 aromatic carbocycles. The van der Waals surface area contributed by atoms with Crippen molar-refractivity contribution in [2.45, 2.75) is 38.4 Å². The summed E-state index contributed by atoms with van der Waals surface area (Å²) in [4.78, 5) is 10.3. The van der Waals surface area contributed by atoms with Crippen molar-refractivity contribution in [3.05, 3.63) is 88.2 Å². The maximum absolute atomic E-state index is 13.4. The van der Waals surface area contributed by atoms with Gasteiger partial charge in [-0.3, -0.25) is 9.21 Å². The summed E-state index contributed by atoms with van der Waals surface area (Å²) >= 11 is 6.25. The van der Waals surface area contributed by atoms with E-state index in [0.717, 1.165) is 61.5 Å². The van der Waals surface area contributed by atoms with E-state index in [1.54, 1.807) is 0 Å². The minimum atomic E-state index is -2.60. The van der Waals surface area contributed by atoms with Gasteiger partial charge in [0, 0.05) is 43.9 Å². The molecule has 3 heterocycles. The molecule has 0 aliphatic carbocycles. The van der Waals surface area contributed by atoms with Crippen LogP contribution in [0.5, 0.6) is 0 Å². The molecule has 0 saturated carbocycles. The summed E-state index contributed by atoms with van der Waals surface area (Å²) in [5.41, 5.74) is 4.59. The van der Waals surface area contributed by atoms with Gasteiger partial charge in [-0.05, 0) is 55.0 Å². The summed E-state index contributed by atoms with van der Waals surface area (Å²) in [5.74, 6) is 4.04. The van der Waals surface area contributed by atoms with E-state index < -0.39 is 9.89 Å². The third-order valence-corrected chi connectivity index (χ3v) is 9.33. The third kappa shape index (κ3) is 4.69. The summed E-state index contributed by atoms with van der Waals surface area (Å²) in [5, 5.41) is 0.708. The van der Waals surface area contributed by atoms with Gasteiger partial charge in [0.05, 0.1) is 29.8 Å². The molecule has 2 aliphatic rings. The van der Waals surface area contributed by atoms with E-state index >= 15 is 0 Å². The van der Waals surface area contributed by atoms with Crippen LogP contribution in [0.25, 0.3) is 4.85 Å². The zero-order valence-corrected chi connectivity index (χ0v) is 21.4. The molecule has 2 fully saturated rings. The Labute approximate surface area is 212 Å². The quantitative estimate of drug-likeness (QED) is 0.409. The van der Waals surface area contributed by atoms with Crippen LogP contribution in [0.2, 0.25) is 5.02 Å². The molecule has 2 saturated heterocycles. The number of imidazole rings is 1. The van der Waals surface area contributed by atoms with E-state index in [2.05, 4.69) is 29.9 Å². The Bertz CT molecular complexity index is 1370. The number of hydrogen-bond acceptors (Lipinski definition) is 3. The van der Waals surface area contributed by atoms with Crippen LogP contribution in [0, 0.1) is 13.5 Å². The van der Waals surface area contributed by atoms with Crippen LogP contribution < -0.4 is 9.03 Å². The highest BCUT2D eigenvalue weighted by atomic mass is 35.5. The molecule has 0 bridgehead atoms. The first-order valence-corrected chi connectivity index (χ1v) is 13.7. The molecule has 2 aliphatic heterocycles.